The first-order valence-corrected chi connectivity index (χ1v) is 4.92. The Kier molecular flexibility index (Phi) is 6.87. The van der Waals surface area contributed by atoms with Crippen molar-refractivity contribution in [3.8, 4) is 0 Å². The fourth-order valence-electron chi connectivity index (χ4n) is 0.914. The van der Waals surface area contributed by atoms with Crippen LogP contribution in [-0.4, -0.2) is 61.6 Å². The van der Waals surface area contributed by atoms with Gasteiger partial charge in [0, 0.05) is 41.3 Å². The lowest BCUT2D eigenvalue weighted by Gasteiger charge is -2.20. The summed E-state index contributed by atoms with van der Waals surface area (Å²) in [5.74, 6) is 0.674. The Morgan fingerprint density at radius 3 is 2.07 bits per heavy atom. The molecule has 0 aliphatic carbocycles. The number of amidine groups is 1. The van der Waals surface area contributed by atoms with Crippen molar-refractivity contribution in [3.05, 3.63) is 0 Å². The molecule has 0 amide bonds. The van der Waals surface area contributed by atoms with Gasteiger partial charge in [0.25, 0.3) is 0 Å². The highest BCUT2D eigenvalue weighted by molar-refractivity contribution is 6.83. The highest BCUT2D eigenvalue weighted by atomic mass is 35.5. The molecule has 0 fully saturated rings. The maximum absolute atomic E-state index is 5.87. The van der Waals surface area contributed by atoms with E-state index in [2.05, 4.69) is 9.98 Å². The van der Waals surface area contributed by atoms with Gasteiger partial charge < -0.3 is 4.90 Å². The lowest BCUT2D eigenvalue weighted by atomic mass is 10.5. The maximum atomic E-state index is 5.87. The predicted molar refractivity (Wildman–Crippen MR) is 63.7 cm³/mol. The van der Waals surface area contributed by atoms with Gasteiger partial charge in [-0.3, -0.25) is 9.98 Å². The van der Waals surface area contributed by atoms with E-state index in [-0.39, 0.29) is 0 Å². The molecule has 14 heavy (non-hydrogen) atoms. The fraction of sp³-hybridized carbons (Fsp3) is 0.750. The summed E-state index contributed by atoms with van der Waals surface area (Å²) in [5, 5.41) is 0.409. The summed E-state index contributed by atoms with van der Waals surface area (Å²) in [6.45, 7) is 1.48. The minimum Gasteiger partial charge on any atom is -0.356 e. The molecule has 0 saturated carbocycles. The molecule has 0 atom stereocenters. The van der Waals surface area contributed by atoms with E-state index in [1.165, 1.54) is 0 Å². The van der Waals surface area contributed by atoms with Crippen LogP contribution in [0.15, 0.2) is 9.98 Å². The molecule has 6 heteroatoms. The van der Waals surface area contributed by atoms with Crippen LogP contribution < -0.4 is 0 Å². The van der Waals surface area contributed by atoms with Gasteiger partial charge in [0.2, 0.25) is 0 Å². The molecule has 82 valence electrons. The van der Waals surface area contributed by atoms with Crippen LogP contribution >= 0.6 is 23.4 Å². The Morgan fingerprint density at radius 2 is 1.71 bits per heavy atom. The Hall–Kier alpha value is -0.320. The summed E-state index contributed by atoms with van der Waals surface area (Å²) in [6.07, 6.45) is 0. The zero-order valence-electron chi connectivity index (χ0n) is 8.96. The molecule has 0 aromatic heterocycles. The first-order chi connectivity index (χ1) is 6.52. The minimum atomic E-state index is 0.409. The second kappa shape index (κ2) is 7.04. The van der Waals surface area contributed by atoms with Gasteiger partial charge in [-0.1, -0.05) is 11.6 Å². The summed E-state index contributed by atoms with van der Waals surface area (Å²) in [4.78, 5) is 9.84. The quantitative estimate of drug-likeness (QED) is 0.420. The smallest absolute Gasteiger partial charge is 0.165 e. The minimum absolute atomic E-state index is 0.409. The van der Waals surface area contributed by atoms with Crippen molar-refractivity contribution < 1.29 is 0 Å². The summed E-state index contributed by atoms with van der Waals surface area (Å²) in [7, 11) is 7.02. The number of aliphatic imine (C=N–C) groups is 2. The third-order valence-electron chi connectivity index (χ3n) is 1.70. The van der Waals surface area contributed by atoms with Crippen LogP contribution in [0, 0.1) is 0 Å². The molecule has 4 nitrogen and oxygen atoms in total. The Balaban J connectivity index is 4.27. The van der Waals surface area contributed by atoms with Crippen LogP contribution in [0.4, 0.5) is 0 Å². The molecule has 0 rings (SSSR count). The lowest BCUT2D eigenvalue weighted by Crippen LogP contribution is -2.35. The second-order valence-corrected chi connectivity index (χ2v) is 3.75. The van der Waals surface area contributed by atoms with E-state index < -0.39 is 0 Å². The number of likely N-dealkylation sites (N-methyl/N-ethyl adjacent to an activating group) is 2. The van der Waals surface area contributed by atoms with Crippen molar-refractivity contribution in [1.29, 1.82) is 0 Å². The molecule has 0 aromatic carbocycles. The van der Waals surface area contributed by atoms with Crippen molar-refractivity contribution in [3.63, 3.8) is 0 Å². The maximum Gasteiger partial charge on any atom is 0.165 e. The molecule has 0 spiro atoms. The highest BCUT2D eigenvalue weighted by Gasteiger charge is 2.10. The monoisotopic (exact) mass is 238 g/mol. The number of hydrogen-bond acceptors (Lipinski definition) is 3. The fourth-order valence-corrected chi connectivity index (χ4v) is 1.22. The first kappa shape index (κ1) is 13.7. The summed E-state index contributed by atoms with van der Waals surface area (Å²) >= 11 is 11.6. The number of hydrogen-bond donors (Lipinski definition) is 0. The van der Waals surface area contributed by atoms with Crippen molar-refractivity contribution >= 4 is 34.4 Å². The average molecular weight is 239 g/mol. The Morgan fingerprint density at radius 1 is 1.14 bits per heavy atom. The Labute approximate surface area is 95.3 Å². The SMILES string of the molecule is CN=C(Cl)C(=NC)N(C)CCN(C)Cl. The molecule has 0 heterocycles. The van der Waals surface area contributed by atoms with Crippen LogP contribution in [0.2, 0.25) is 0 Å². The van der Waals surface area contributed by atoms with Gasteiger partial charge in [-0.05, 0) is 11.8 Å². The molecular formula is C8H16Cl2N4. The van der Waals surface area contributed by atoms with Gasteiger partial charge in [0.15, 0.2) is 11.0 Å². The number of halogens is 2. The van der Waals surface area contributed by atoms with Crippen LogP contribution in [0.3, 0.4) is 0 Å². The van der Waals surface area contributed by atoms with Gasteiger partial charge in [0.1, 0.15) is 0 Å². The van der Waals surface area contributed by atoms with Gasteiger partial charge in [-0.15, -0.1) is 0 Å². The van der Waals surface area contributed by atoms with Crippen molar-refractivity contribution in [2.45, 2.75) is 0 Å². The normalized spacial score (nSPS) is 13.6. The van der Waals surface area contributed by atoms with E-state index >= 15 is 0 Å². The summed E-state index contributed by atoms with van der Waals surface area (Å²) < 4.78 is 1.58. The van der Waals surface area contributed by atoms with E-state index in [4.69, 9.17) is 23.4 Å². The van der Waals surface area contributed by atoms with Crippen LogP contribution in [-0.2, 0) is 0 Å². The van der Waals surface area contributed by atoms with Crippen LogP contribution in [0.1, 0.15) is 0 Å². The molecule has 0 aliphatic rings. The van der Waals surface area contributed by atoms with E-state index in [1.54, 1.807) is 25.6 Å². The molecule has 0 aromatic rings. The van der Waals surface area contributed by atoms with Gasteiger partial charge in [-0.25, -0.2) is 4.42 Å². The van der Waals surface area contributed by atoms with Crippen molar-refractivity contribution in [2.75, 3.05) is 41.3 Å². The standard InChI is InChI=1S/C8H16Cl2N4/c1-11-7(9)8(12-2)13(3)5-6-14(4)10/h5-6H2,1-4H3. The molecule has 0 unspecified atom stereocenters. The Bertz CT molecular complexity index is 225. The van der Waals surface area contributed by atoms with E-state index in [0.29, 0.717) is 11.0 Å². The lowest BCUT2D eigenvalue weighted by molar-refractivity contribution is 0.433. The zero-order chi connectivity index (χ0) is 11.1. The molecule has 0 saturated heterocycles. The van der Waals surface area contributed by atoms with E-state index in [1.807, 2.05) is 11.9 Å². The van der Waals surface area contributed by atoms with Crippen LogP contribution in [0.25, 0.3) is 0 Å². The first-order valence-electron chi connectivity index (χ1n) is 4.20. The van der Waals surface area contributed by atoms with Gasteiger partial charge in [-0.2, -0.15) is 0 Å². The molecular weight excluding hydrogens is 223 g/mol. The molecule has 0 N–H and O–H groups in total. The van der Waals surface area contributed by atoms with Crippen molar-refractivity contribution in [1.82, 2.24) is 9.32 Å². The summed E-state index contributed by atoms with van der Waals surface area (Å²) in [6, 6.07) is 0. The highest BCUT2D eigenvalue weighted by Crippen LogP contribution is 1.97. The summed E-state index contributed by atoms with van der Waals surface area (Å²) in [5.41, 5.74) is 0. The van der Waals surface area contributed by atoms with Crippen LogP contribution in [0.5, 0.6) is 0 Å². The molecule has 0 aliphatic heterocycles. The number of rotatable bonds is 4. The topological polar surface area (TPSA) is 31.2 Å². The van der Waals surface area contributed by atoms with E-state index in [9.17, 15) is 0 Å². The second-order valence-electron chi connectivity index (χ2n) is 2.81. The molecule has 0 radical (unpaired) electrons. The van der Waals surface area contributed by atoms with E-state index in [0.717, 1.165) is 13.1 Å². The van der Waals surface area contributed by atoms with Gasteiger partial charge in [0.05, 0.1) is 0 Å². The predicted octanol–water partition coefficient (Wildman–Crippen LogP) is 1.30. The van der Waals surface area contributed by atoms with Crippen molar-refractivity contribution in [2.24, 2.45) is 9.98 Å². The third kappa shape index (κ3) is 4.79. The number of nitrogens with zero attached hydrogens (tertiary/aromatic N) is 4. The zero-order valence-corrected chi connectivity index (χ0v) is 10.5. The van der Waals surface area contributed by atoms with Gasteiger partial charge >= 0.3 is 0 Å². The third-order valence-corrected chi connectivity index (χ3v) is 2.20. The molecule has 0 bridgehead atoms. The largest absolute Gasteiger partial charge is 0.356 e. The average Bonchev–Trinajstić information content (AvgIpc) is 2.15.